The number of carbonyl (C=O) groups is 1. The summed E-state index contributed by atoms with van der Waals surface area (Å²) in [6.07, 6.45) is 0. The quantitative estimate of drug-likeness (QED) is 0.356. The average Bonchev–Trinajstić information content (AvgIpc) is 3.12. The van der Waals surface area contributed by atoms with Crippen LogP contribution >= 0.6 is 11.8 Å². The molecule has 136 valence electrons. The fourth-order valence-electron chi connectivity index (χ4n) is 2.37. The minimum atomic E-state index is -0.505. The van der Waals surface area contributed by atoms with Crippen molar-refractivity contribution in [1.29, 1.82) is 5.26 Å². The van der Waals surface area contributed by atoms with E-state index in [1.165, 1.54) is 24.9 Å². The standard InChI is InChI=1S/C20H16N2O4S/c1-13-9-15(26-22-13)12-27-19-6-4-3-5-16(19)20(23)25-17-8-7-14(11-21)10-18(17)24-2/h3-10H,12H2,1-2H3. The SMILES string of the molecule is COc1cc(C#N)ccc1OC(=O)c1ccccc1SCc1cc(C)no1. The minimum Gasteiger partial charge on any atom is -0.493 e. The Bertz CT molecular complexity index is 1010. The summed E-state index contributed by atoms with van der Waals surface area (Å²) in [5, 5.41) is 12.8. The fraction of sp³-hybridized carbons (Fsp3) is 0.150. The molecule has 2 aromatic carbocycles. The van der Waals surface area contributed by atoms with E-state index >= 15 is 0 Å². The molecule has 3 aromatic rings. The molecular formula is C20H16N2O4S. The Hall–Kier alpha value is -3.24. The maximum Gasteiger partial charge on any atom is 0.344 e. The van der Waals surface area contributed by atoms with E-state index in [0.29, 0.717) is 22.6 Å². The van der Waals surface area contributed by atoms with Gasteiger partial charge in [0.1, 0.15) is 5.76 Å². The number of aryl methyl sites for hydroxylation is 1. The number of hydrogen-bond acceptors (Lipinski definition) is 7. The molecule has 0 saturated carbocycles. The van der Waals surface area contributed by atoms with Crippen molar-refractivity contribution < 1.29 is 18.8 Å². The van der Waals surface area contributed by atoms with Crippen molar-refractivity contribution in [2.24, 2.45) is 0 Å². The summed E-state index contributed by atoms with van der Waals surface area (Å²) < 4.78 is 15.9. The first-order valence-electron chi connectivity index (χ1n) is 8.05. The zero-order valence-corrected chi connectivity index (χ0v) is 15.6. The zero-order valence-electron chi connectivity index (χ0n) is 14.8. The number of methoxy groups -OCH3 is 1. The van der Waals surface area contributed by atoms with Crippen molar-refractivity contribution in [3.8, 4) is 17.6 Å². The Balaban J connectivity index is 1.78. The van der Waals surface area contributed by atoms with Crippen LogP contribution in [0.3, 0.4) is 0 Å². The fourth-order valence-corrected chi connectivity index (χ4v) is 3.29. The van der Waals surface area contributed by atoms with Crippen LogP contribution < -0.4 is 9.47 Å². The highest BCUT2D eigenvalue weighted by atomic mass is 32.2. The van der Waals surface area contributed by atoms with Crippen molar-refractivity contribution in [1.82, 2.24) is 5.16 Å². The molecule has 0 amide bonds. The lowest BCUT2D eigenvalue weighted by atomic mass is 10.2. The molecule has 6 nitrogen and oxygen atoms in total. The van der Waals surface area contributed by atoms with E-state index in [9.17, 15) is 4.79 Å². The van der Waals surface area contributed by atoms with E-state index < -0.39 is 5.97 Å². The molecule has 27 heavy (non-hydrogen) atoms. The number of ether oxygens (including phenoxy) is 2. The van der Waals surface area contributed by atoms with E-state index in [0.717, 1.165) is 16.3 Å². The van der Waals surface area contributed by atoms with Gasteiger partial charge in [0.05, 0.1) is 35.8 Å². The molecule has 0 atom stereocenters. The monoisotopic (exact) mass is 380 g/mol. The largest absolute Gasteiger partial charge is 0.493 e. The molecule has 0 saturated heterocycles. The zero-order chi connectivity index (χ0) is 19.2. The summed E-state index contributed by atoms with van der Waals surface area (Å²) in [7, 11) is 1.46. The van der Waals surface area contributed by atoms with Gasteiger partial charge in [-0.05, 0) is 31.2 Å². The predicted octanol–water partition coefficient (Wildman–Crippen LogP) is 4.37. The van der Waals surface area contributed by atoms with Crippen molar-refractivity contribution >= 4 is 17.7 Å². The molecule has 0 aliphatic rings. The smallest absolute Gasteiger partial charge is 0.344 e. The normalized spacial score (nSPS) is 10.3. The van der Waals surface area contributed by atoms with Gasteiger partial charge in [-0.15, -0.1) is 11.8 Å². The summed E-state index contributed by atoms with van der Waals surface area (Å²) in [5.41, 5.74) is 1.67. The van der Waals surface area contributed by atoms with Gasteiger partial charge in [-0.2, -0.15) is 5.26 Å². The number of nitriles is 1. The van der Waals surface area contributed by atoms with Gasteiger partial charge in [-0.1, -0.05) is 17.3 Å². The molecule has 0 N–H and O–H groups in total. The summed E-state index contributed by atoms with van der Waals surface area (Å²) in [6, 6.07) is 15.7. The maximum atomic E-state index is 12.7. The van der Waals surface area contributed by atoms with Crippen LogP contribution in [0.25, 0.3) is 0 Å². The molecule has 7 heteroatoms. The Morgan fingerprint density at radius 2 is 2.04 bits per heavy atom. The second-order valence-electron chi connectivity index (χ2n) is 5.59. The second kappa shape index (κ2) is 8.43. The number of esters is 1. The van der Waals surface area contributed by atoms with Crippen LogP contribution in [-0.2, 0) is 5.75 Å². The Kier molecular flexibility index (Phi) is 5.79. The van der Waals surface area contributed by atoms with Gasteiger partial charge in [-0.25, -0.2) is 4.79 Å². The van der Waals surface area contributed by atoms with Crippen molar-refractivity contribution in [2.45, 2.75) is 17.6 Å². The number of thioether (sulfide) groups is 1. The van der Waals surface area contributed by atoms with Gasteiger partial charge in [0.2, 0.25) is 0 Å². The molecule has 0 aliphatic heterocycles. The number of aromatic nitrogens is 1. The van der Waals surface area contributed by atoms with Gasteiger partial charge in [0.15, 0.2) is 11.5 Å². The van der Waals surface area contributed by atoms with Crippen LogP contribution in [0.4, 0.5) is 0 Å². The highest BCUT2D eigenvalue weighted by molar-refractivity contribution is 7.98. The van der Waals surface area contributed by atoms with Crippen LogP contribution in [0, 0.1) is 18.3 Å². The van der Waals surface area contributed by atoms with E-state index in [2.05, 4.69) is 5.16 Å². The van der Waals surface area contributed by atoms with Crippen LogP contribution in [0.5, 0.6) is 11.5 Å². The second-order valence-corrected chi connectivity index (χ2v) is 6.60. The molecule has 0 fully saturated rings. The third-order valence-electron chi connectivity index (χ3n) is 3.65. The van der Waals surface area contributed by atoms with Crippen molar-refractivity contribution in [2.75, 3.05) is 7.11 Å². The minimum absolute atomic E-state index is 0.257. The number of carbonyl (C=O) groups excluding carboxylic acids is 1. The van der Waals surface area contributed by atoms with E-state index in [1.54, 1.807) is 24.3 Å². The maximum absolute atomic E-state index is 12.7. The molecular weight excluding hydrogens is 364 g/mol. The lowest BCUT2D eigenvalue weighted by Gasteiger charge is -2.11. The Labute approximate surface area is 160 Å². The van der Waals surface area contributed by atoms with Gasteiger partial charge in [0.25, 0.3) is 0 Å². The number of hydrogen-bond donors (Lipinski definition) is 0. The first-order valence-corrected chi connectivity index (χ1v) is 9.03. The topological polar surface area (TPSA) is 85.4 Å². The molecule has 0 spiro atoms. The summed E-state index contributed by atoms with van der Waals surface area (Å²) in [5.74, 6) is 1.35. The molecule has 1 aromatic heterocycles. The highest BCUT2D eigenvalue weighted by Gasteiger charge is 2.17. The lowest BCUT2D eigenvalue weighted by molar-refractivity contribution is 0.0726. The number of nitrogens with zero attached hydrogens (tertiary/aromatic N) is 2. The third kappa shape index (κ3) is 4.49. The van der Waals surface area contributed by atoms with E-state index in [4.69, 9.17) is 19.3 Å². The van der Waals surface area contributed by atoms with Crippen LogP contribution in [-0.4, -0.2) is 18.2 Å². The molecule has 3 rings (SSSR count). The van der Waals surface area contributed by atoms with Gasteiger partial charge < -0.3 is 14.0 Å². The molecule has 0 unspecified atom stereocenters. The molecule has 0 radical (unpaired) electrons. The summed E-state index contributed by atoms with van der Waals surface area (Å²) in [4.78, 5) is 13.4. The lowest BCUT2D eigenvalue weighted by Crippen LogP contribution is -2.10. The third-order valence-corrected chi connectivity index (χ3v) is 4.74. The van der Waals surface area contributed by atoms with E-state index in [1.807, 2.05) is 31.2 Å². The van der Waals surface area contributed by atoms with Gasteiger partial charge in [-0.3, -0.25) is 0 Å². The summed E-state index contributed by atoms with van der Waals surface area (Å²) >= 11 is 1.46. The highest BCUT2D eigenvalue weighted by Crippen LogP contribution is 2.31. The van der Waals surface area contributed by atoms with Crippen LogP contribution in [0.15, 0.2) is 57.9 Å². The van der Waals surface area contributed by atoms with Crippen LogP contribution in [0.1, 0.15) is 27.4 Å². The number of rotatable bonds is 6. The number of benzene rings is 2. The van der Waals surface area contributed by atoms with Gasteiger partial charge >= 0.3 is 5.97 Å². The van der Waals surface area contributed by atoms with E-state index in [-0.39, 0.29) is 5.75 Å². The van der Waals surface area contributed by atoms with Gasteiger partial charge in [0, 0.05) is 17.0 Å². The van der Waals surface area contributed by atoms with Crippen molar-refractivity contribution in [3.63, 3.8) is 0 Å². The predicted molar refractivity (Wildman–Crippen MR) is 99.9 cm³/mol. The molecule has 0 aliphatic carbocycles. The molecule has 1 heterocycles. The first-order chi connectivity index (χ1) is 13.1. The average molecular weight is 380 g/mol. The molecule has 0 bridgehead atoms. The first kappa shape index (κ1) is 18.5. The Morgan fingerprint density at radius 1 is 1.22 bits per heavy atom. The van der Waals surface area contributed by atoms with Crippen molar-refractivity contribution in [3.05, 3.63) is 71.1 Å². The van der Waals surface area contributed by atoms with Crippen LogP contribution in [0.2, 0.25) is 0 Å². The summed E-state index contributed by atoms with van der Waals surface area (Å²) in [6.45, 7) is 1.86. The Morgan fingerprint density at radius 3 is 2.74 bits per heavy atom.